The smallest absolute Gasteiger partial charge is 0.265 e. The van der Waals surface area contributed by atoms with Crippen LogP contribution < -0.4 is 19.7 Å². The van der Waals surface area contributed by atoms with Crippen molar-refractivity contribution in [2.75, 3.05) is 32.2 Å². The van der Waals surface area contributed by atoms with Gasteiger partial charge in [0.15, 0.2) is 11.5 Å². The number of rotatable bonds is 8. The van der Waals surface area contributed by atoms with Crippen LogP contribution in [0.5, 0.6) is 11.5 Å². The summed E-state index contributed by atoms with van der Waals surface area (Å²) in [5, 5.41) is 3.48. The van der Waals surface area contributed by atoms with Gasteiger partial charge >= 0.3 is 0 Å². The highest BCUT2D eigenvalue weighted by Crippen LogP contribution is 2.42. The third-order valence-electron chi connectivity index (χ3n) is 5.51. The lowest BCUT2D eigenvalue weighted by molar-refractivity contribution is -0.122. The predicted molar refractivity (Wildman–Crippen MR) is 140 cm³/mol. The molecule has 8 heteroatoms. The summed E-state index contributed by atoms with van der Waals surface area (Å²) in [7, 11) is 3.18. The van der Waals surface area contributed by atoms with Crippen molar-refractivity contribution >= 4 is 46.9 Å². The van der Waals surface area contributed by atoms with Crippen LogP contribution in [0.3, 0.4) is 0 Å². The van der Waals surface area contributed by atoms with Crippen molar-refractivity contribution in [3.05, 3.63) is 87.8 Å². The maximum absolute atomic E-state index is 13.4. The van der Waals surface area contributed by atoms with E-state index in [0.717, 1.165) is 16.0 Å². The van der Waals surface area contributed by atoms with Crippen molar-refractivity contribution in [2.45, 2.75) is 11.3 Å². The van der Waals surface area contributed by atoms with E-state index in [1.165, 1.54) is 16.7 Å². The zero-order valence-corrected chi connectivity index (χ0v) is 21.0. The van der Waals surface area contributed by atoms with Gasteiger partial charge in [0.25, 0.3) is 5.91 Å². The van der Waals surface area contributed by atoms with Gasteiger partial charge in [0.1, 0.15) is 6.54 Å². The minimum absolute atomic E-state index is 0.0811. The summed E-state index contributed by atoms with van der Waals surface area (Å²) < 4.78 is 10.6. The van der Waals surface area contributed by atoms with Crippen LogP contribution in [-0.2, 0) is 16.0 Å². The number of carbonyl (C=O) groups is 2. The van der Waals surface area contributed by atoms with Crippen molar-refractivity contribution in [3.63, 3.8) is 0 Å². The number of thioether (sulfide) groups is 1. The van der Waals surface area contributed by atoms with Gasteiger partial charge in [-0.15, -0.1) is 0 Å². The quantitative estimate of drug-likeness (QED) is 0.424. The predicted octanol–water partition coefficient (Wildman–Crippen LogP) is 5.20. The Morgan fingerprint density at radius 1 is 1.03 bits per heavy atom. The molecule has 0 aliphatic carbocycles. The maximum Gasteiger partial charge on any atom is 0.265 e. The molecule has 3 aromatic carbocycles. The third kappa shape index (κ3) is 5.81. The topological polar surface area (TPSA) is 67.9 Å². The Bertz CT molecular complexity index is 1280. The lowest BCUT2D eigenvalue weighted by atomic mass is 10.1. The van der Waals surface area contributed by atoms with Gasteiger partial charge in [-0.2, -0.15) is 0 Å². The number of hydrogen-bond acceptors (Lipinski definition) is 5. The normalized spacial score (nSPS) is 14.0. The molecule has 180 valence electrons. The first-order valence-electron chi connectivity index (χ1n) is 11.0. The molecule has 3 aromatic rings. The number of ether oxygens (including phenoxy) is 2. The van der Waals surface area contributed by atoms with Crippen LogP contribution in [0, 0.1) is 0 Å². The lowest BCUT2D eigenvalue weighted by Crippen LogP contribution is -2.43. The van der Waals surface area contributed by atoms with E-state index in [2.05, 4.69) is 5.32 Å². The molecule has 4 rings (SSSR count). The van der Waals surface area contributed by atoms with Crippen LogP contribution in [-0.4, -0.2) is 39.1 Å². The lowest BCUT2D eigenvalue weighted by Gasteiger charge is -2.29. The van der Waals surface area contributed by atoms with Crippen LogP contribution in [0.1, 0.15) is 11.1 Å². The number of halogens is 1. The minimum atomic E-state index is -0.238. The highest BCUT2D eigenvalue weighted by Gasteiger charge is 2.30. The molecule has 1 aliphatic rings. The van der Waals surface area contributed by atoms with Crippen molar-refractivity contribution in [3.8, 4) is 11.5 Å². The average molecular weight is 509 g/mol. The van der Waals surface area contributed by atoms with Gasteiger partial charge in [-0.25, -0.2) is 0 Å². The number of amides is 2. The van der Waals surface area contributed by atoms with Crippen molar-refractivity contribution in [1.29, 1.82) is 0 Å². The summed E-state index contributed by atoms with van der Waals surface area (Å²) in [4.78, 5) is 29.1. The minimum Gasteiger partial charge on any atom is -0.493 e. The van der Waals surface area contributed by atoms with Gasteiger partial charge in [-0.05, 0) is 54.0 Å². The summed E-state index contributed by atoms with van der Waals surface area (Å²) in [6.07, 6.45) is 2.39. The molecule has 0 saturated heterocycles. The Morgan fingerprint density at radius 2 is 1.77 bits per heavy atom. The van der Waals surface area contributed by atoms with Crippen LogP contribution >= 0.6 is 23.4 Å². The van der Waals surface area contributed by atoms with E-state index in [-0.39, 0.29) is 18.4 Å². The number of para-hydroxylation sites is 1. The average Bonchev–Trinajstić information content (AvgIpc) is 2.87. The summed E-state index contributed by atoms with van der Waals surface area (Å²) in [5.74, 6) is 0.824. The van der Waals surface area contributed by atoms with E-state index in [4.69, 9.17) is 21.1 Å². The van der Waals surface area contributed by atoms with Crippen molar-refractivity contribution in [1.82, 2.24) is 5.32 Å². The van der Waals surface area contributed by atoms with E-state index in [9.17, 15) is 9.59 Å². The first-order chi connectivity index (χ1) is 17.0. The number of methoxy groups -OCH3 is 2. The monoisotopic (exact) mass is 508 g/mol. The molecule has 2 amide bonds. The molecule has 0 saturated carbocycles. The summed E-state index contributed by atoms with van der Waals surface area (Å²) in [6.45, 7) is 0.345. The van der Waals surface area contributed by atoms with Gasteiger partial charge in [-0.3, -0.25) is 14.5 Å². The van der Waals surface area contributed by atoms with Crippen LogP contribution in [0.25, 0.3) is 6.08 Å². The second-order valence-electron chi connectivity index (χ2n) is 7.78. The van der Waals surface area contributed by atoms with Gasteiger partial charge in [0, 0.05) is 16.5 Å². The highest BCUT2D eigenvalue weighted by atomic mass is 35.5. The Labute approximate surface area is 213 Å². The van der Waals surface area contributed by atoms with Gasteiger partial charge in [0.2, 0.25) is 5.91 Å². The van der Waals surface area contributed by atoms with Gasteiger partial charge in [-0.1, -0.05) is 59.8 Å². The van der Waals surface area contributed by atoms with Crippen molar-refractivity contribution < 1.29 is 19.1 Å². The second kappa shape index (κ2) is 11.3. The molecule has 0 spiro atoms. The number of hydrogen-bond donors (Lipinski definition) is 1. The number of fused-ring (bicyclic) bond motifs is 1. The van der Waals surface area contributed by atoms with E-state index < -0.39 is 0 Å². The SMILES string of the molecule is COc1ccc(CCNC(=O)CN2C(=O)C(=Cc3ccccc3Cl)Sc3ccccc32)cc1OC. The summed E-state index contributed by atoms with van der Waals surface area (Å²) >= 11 is 7.68. The first kappa shape index (κ1) is 24.7. The molecule has 1 N–H and O–H groups in total. The molecule has 35 heavy (non-hydrogen) atoms. The number of benzene rings is 3. The summed E-state index contributed by atoms with van der Waals surface area (Å²) in [6, 6.07) is 20.6. The van der Waals surface area contributed by atoms with Crippen LogP contribution in [0.4, 0.5) is 5.69 Å². The molecule has 0 atom stereocenters. The highest BCUT2D eigenvalue weighted by molar-refractivity contribution is 8.04. The molecule has 1 heterocycles. The van der Waals surface area contributed by atoms with E-state index in [1.54, 1.807) is 26.4 Å². The Kier molecular flexibility index (Phi) is 8.00. The maximum atomic E-state index is 13.4. The number of nitrogens with zero attached hydrogens (tertiary/aromatic N) is 1. The number of carbonyl (C=O) groups excluding carboxylic acids is 2. The first-order valence-corrected chi connectivity index (χ1v) is 12.2. The Balaban J connectivity index is 1.46. The zero-order valence-electron chi connectivity index (χ0n) is 19.4. The molecular weight excluding hydrogens is 484 g/mol. The number of nitrogens with one attached hydrogen (secondary N) is 1. The van der Waals surface area contributed by atoms with Crippen molar-refractivity contribution in [2.24, 2.45) is 0 Å². The molecule has 1 aliphatic heterocycles. The number of anilines is 1. The van der Waals surface area contributed by atoms with Gasteiger partial charge in [0.05, 0.1) is 24.8 Å². The molecule has 0 bridgehead atoms. The second-order valence-corrected chi connectivity index (χ2v) is 9.27. The Morgan fingerprint density at radius 3 is 2.54 bits per heavy atom. The van der Waals surface area contributed by atoms with Gasteiger partial charge < -0.3 is 14.8 Å². The zero-order chi connectivity index (χ0) is 24.8. The largest absolute Gasteiger partial charge is 0.493 e. The fourth-order valence-electron chi connectivity index (χ4n) is 3.73. The third-order valence-corrected chi connectivity index (χ3v) is 6.93. The standard InChI is InChI=1S/C27H25ClN2O4S/c1-33-22-12-11-18(15-23(22)34-2)13-14-29-26(31)17-30-21-9-5-6-10-24(21)35-25(27(30)32)16-19-7-3-4-8-20(19)28/h3-12,15-16H,13-14,17H2,1-2H3,(H,29,31). The van der Waals surface area contributed by atoms with E-state index >= 15 is 0 Å². The molecule has 0 fully saturated rings. The summed E-state index contributed by atoms with van der Waals surface area (Å²) in [5.41, 5.74) is 2.47. The fourth-order valence-corrected chi connectivity index (χ4v) is 4.97. The van der Waals surface area contributed by atoms with E-state index in [1.807, 2.05) is 60.7 Å². The molecule has 0 radical (unpaired) electrons. The molecule has 6 nitrogen and oxygen atoms in total. The van der Waals surface area contributed by atoms with Crippen LogP contribution in [0.15, 0.2) is 76.5 Å². The fraction of sp³-hybridized carbons (Fsp3) is 0.185. The molecule has 0 unspecified atom stereocenters. The van der Waals surface area contributed by atoms with E-state index in [0.29, 0.717) is 40.1 Å². The Hall–Kier alpha value is -3.42. The molecule has 0 aromatic heterocycles. The van der Waals surface area contributed by atoms with Crippen LogP contribution in [0.2, 0.25) is 5.02 Å². The molecular formula is C27H25ClN2O4S.